The van der Waals surface area contributed by atoms with E-state index in [2.05, 4.69) is 5.32 Å². The van der Waals surface area contributed by atoms with E-state index in [1.54, 1.807) is 13.4 Å². The molecular formula is C17H22N2O3. The molecule has 5 nitrogen and oxygen atoms in total. The van der Waals surface area contributed by atoms with Gasteiger partial charge in [-0.05, 0) is 43.8 Å². The Kier molecular flexibility index (Phi) is 5.61. The standard InChI is InChI=1S/C17H22N2O3/c1-13(19(2)12-16-5-4-10-22-16)17(20)18-11-14-6-8-15(21-3)9-7-14/h4-10,13H,11-12H2,1-3H3,(H,18,20)/t13-/m1/s1. The van der Waals surface area contributed by atoms with Gasteiger partial charge in [0.1, 0.15) is 11.5 Å². The lowest BCUT2D eigenvalue weighted by Crippen LogP contribution is -2.42. The first-order chi connectivity index (χ1) is 10.6. The molecular weight excluding hydrogens is 280 g/mol. The third kappa shape index (κ3) is 4.36. The fourth-order valence-electron chi connectivity index (χ4n) is 2.07. The maximum absolute atomic E-state index is 12.2. The number of rotatable bonds is 7. The lowest BCUT2D eigenvalue weighted by atomic mass is 10.2. The number of amides is 1. The summed E-state index contributed by atoms with van der Waals surface area (Å²) in [6.07, 6.45) is 1.64. The molecule has 2 rings (SSSR count). The second kappa shape index (κ2) is 7.66. The van der Waals surface area contributed by atoms with Gasteiger partial charge in [-0.25, -0.2) is 0 Å². The van der Waals surface area contributed by atoms with Crippen LogP contribution < -0.4 is 10.1 Å². The SMILES string of the molecule is COc1ccc(CNC(=O)[C@@H](C)N(C)Cc2ccco2)cc1. The topological polar surface area (TPSA) is 54.7 Å². The van der Waals surface area contributed by atoms with E-state index in [4.69, 9.17) is 9.15 Å². The molecule has 0 aliphatic heterocycles. The molecule has 0 spiro atoms. The summed E-state index contributed by atoms with van der Waals surface area (Å²) < 4.78 is 10.4. The molecule has 0 saturated carbocycles. The van der Waals surface area contributed by atoms with Gasteiger partial charge in [0.25, 0.3) is 0 Å². The van der Waals surface area contributed by atoms with Crippen molar-refractivity contribution in [2.45, 2.75) is 26.1 Å². The number of carbonyl (C=O) groups is 1. The summed E-state index contributed by atoms with van der Waals surface area (Å²) in [5.74, 6) is 1.64. The van der Waals surface area contributed by atoms with Gasteiger partial charge in [0, 0.05) is 6.54 Å². The Balaban J connectivity index is 1.82. The van der Waals surface area contributed by atoms with Crippen LogP contribution in [0.1, 0.15) is 18.2 Å². The van der Waals surface area contributed by atoms with Crippen LogP contribution in [-0.2, 0) is 17.9 Å². The number of hydrogen-bond acceptors (Lipinski definition) is 4. The van der Waals surface area contributed by atoms with Gasteiger partial charge in [-0.3, -0.25) is 9.69 Å². The molecule has 0 aliphatic carbocycles. The largest absolute Gasteiger partial charge is 0.497 e. The van der Waals surface area contributed by atoms with E-state index >= 15 is 0 Å². The highest BCUT2D eigenvalue weighted by Gasteiger charge is 2.18. The van der Waals surface area contributed by atoms with Crippen molar-refractivity contribution in [3.05, 3.63) is 54.0 Å². The fraction of sp³-hybridized carbons (Fsp3) is 0.353. The van der Waals surface area contributed by atoms with E-state index in [1.165, 1.54) is 0 Å². The molecule has 1 aromatic heterocycles. The van der Waals surface area contributed by atoms with E-state index < -0.39 is 0 Å². The van der Waals surface area contributed by atoms with Crippen LogP contribution in [0.25, 0.3) is 0 Å². The summed E-state index contributed by atoms with van der Waals surface area (Å²) in [5, 5.41) is 2.94. The normalized spacial score (nSPS) is 12.2. The lowest BCUT2D eigenvalue weighted by molar-refractivity contribution is -0.125. The van der Waals surface area contributed by atoms with Crippen LogP contribution in [0.2, 0.25) is 0 Å². The maximum atomic E-state index is 12.2. The van der Waals surface area contributed by atoms with E-state index in [0.717, 1.165) is 17.1 Å². The molecule has 5 heteroatoms. The van der Waals surface area contributed by atoms with Crippen LogP contribution in [0.3, 0.4) is 0 Å². The molecule has 0 saturated heterocycles. The minimum Gasteiger partial charge on any atom is -0.497 e. The molecule has 2 aromatic rings. The fourth-order valence-corrected chi connectivity index (χ4v) is 2.07. The number of benzene rings is 1. The van der Waals surface area contributed by atoms with Gasteiger partial charge >= 0.3 is 0 Å². The molecule has 0 aliphatic rings. The number of ether oxygens (including phenoxy) is 1. The first-order valence-electron chi connectivity index (χ1n) is 7.23. The number of nitrogens with zero attached hydrogens (tertiary/aromatic N) is 1. The van der Waals surface area contributed by atoms with Gasteiger partial charge in [0.2, 0.25) is 5.91 Å². The predicted molar refractivity (Wildman–Crippen MR) is 84.5 cm³/mol. The van der Waals surface area contributed by atoms with Gasteiger partial charge in [-0.15, -0.1) is 0 Å². The molecule has 1 aromatic carbocycles. The third-order valence-corrected chi connectivity index (χ3v) is 3.65. The molecule has 1 N–H and O–H groups in total. The monoisotopic (exact) mass is 302 g/mol. The first-order valence-corrected chi connectivity index (χ1v) is 7.23. The van der Waals surface area contributed by atoms with Crippen molar-refractivity contribution in [1.29, 1.82) is 0 Å². The van der Waals surface area contributed by atoms with Crippen LogP contribution in [0.4, 0.5) is 0 Å². The molecule has 0 bridgehead atoms. The smallest absolute Gasteiger partial charge is 0.237 e. The summed E-state index contributed by atoms with van der Waals surface area (Å²) >= 11 is 0. The highest BCUT2D eigenvalue weighted by molar-refractivity contribution is 5.81. The van der Waals surface area contributed by atoms with Crippen LogP contribution in [0.5, 0.6) is 5.75 Å². The van der Waals surface area contributed by atoms with Gasteiger partial charge in [0.15, 0.2) is 0 Å². The van der Waals surface area contributed by atoms with Crippen molar-refractivity contribution in [2.24, 2.45) is 0 Å². The average Bonchev–Trinajstić information content (AvgIpc) is 3.05. The minimum atomic E-state index is -0.233. The van der Waals surface area contributed by atoms with Crippen LogP contribution >= 0.6 is 0 Å². The van der Waals surface area contributed by atoms with Crippen molar-refractivity contribution in [3.63, 3.8) is 0 Å². The van der Waals surface area contributed by atoms with E-state index in [-0.39, 0.29) is 11.9 Å². The third-order valence-electron chi connectivity index (χ3n) is 3.65. The summed E-state index contributed by atoms with van der Waals surface area (Å²) in [7, 11) is 3.54. The maximum Gasteiger partial charge on any atom is 0.237 e. The van der Waals surface area contributed by atoms with Gasteiger partial charge < -0.3 is 14.5 Å². The minimum absolute atomic E-state index is 0.00938. The van der Waals surface area contributed by atoms with Crippen LogP contribution in [0.15, 0.2) is 47.1 Å². The zero-order valence-electron chi connectivity index (χ0n) is 13.2. The van der Waals surface area contributed by atoms with Gasteiger partial charge in [-0.2, -0.15) is 0 Å². The van der Waals surface area contributed by atoms with Crippen molar-refractivity contribution < 1.29 is 13.9 Å². The zero-order valence-corrected chi connectivity index (χ0v) is 13.2. The Labute approximate surface area is 130 Å². The van der Waals surface area contributed by atoms with Crippen molar-refractivity contribution in [2.75, 3.05) is 14.2 Å². The van der Waals surface area contributed by atoms with Crippen molar-refractivity contribution in [3.8, 4) is 5.75 Å². The number of likely N-dealkylation sites (N-methyl/N-ethyl adjacent to an activating group) is 1. The molecule has 1 atom stereocenters. The second-order valence-electron chi connectivity index (χ2n) is 5.24. The predicted octanol–water partition coefficient (Wildman–Crippen LogP) is 2.42. The molecule has 0 fully saturated rings. The summed E-state index contributed by atoms with van der Waals surface area (Å²) in [4.78, 5) is 14.1. The Morgan fingerprint density at radius 3 is 2.64 bits per heavy atom. The highest BCUT2D eigenvalue weighted by atomic mass is 16.5. The first kappa shape index (κ1) is 16.1. The second-order valence-corrected chi connectivity index (χ2v) is 5.24. The van der Waals surface area contributed by atoms with Crippen LogP contribution in [0, 0.1) is 0 Å². The van der Waals surface area contributed by atoms with E-state index in [9.17, 15) is 4.79 Å². The number of carbonyl (C=O) groups excluding carboxylic acids is 1. The van der Waals surface area contributed by atoms with Gasteiger partial charge in [-0.1, -0.05) is 12.1 Å². The molecule has 0 unspecified atom stereocenters. The number of methoxy groups -OCH3 is 1. The molecule has 1 heterocycles. The molecule has 1 amide bonds. The molecule has 0 radical (unpaired) electrons. The summed E-state index contributed by atoms with van der Waals surface area (Å²) in [6, 6.07) is 11.2. The van der Waals surface area contributed by atoms with Crippen molar-refractivity contribution in [1.82, 2.24) is 10.2 Å². The van der Waals surface area contributed by atoms with Crippen molar-refractivity contribution >= 4 is 5.91 Å². The average molecular weight is 302 g/mol. The Hall–Kier alpha value is -2.27. The quantitative estimate of drug-likeness (QED) is 0.853. The van der Waals surface area contributed by atoms with Crippen LogP contribution in [-0.4, -0.2) is 31.0 Å². The zero-order chi connectivity index (χ0) is 15.9. The Bertz CT molecular complexity index is 578. The summed E-state index contributed by atoms with van der Waals surface area (Å²) in [5.41, 5.74) is 1.04. The number of hydrogen-bond donors (Lipinski definition) is 1. The Morgan fingerprint density at radius 1 is 1.32 bits per heavy atom. The lowest BCUT2D eigenvalue weighted by Gasteiger charge is -2.22. The highest BCUT2D eigenvalue weighted by Crippen LogP contribution is 2.11. The van der Waals surface area contributed by atoms with E-state index in [0.29, 0.717) is 13.1 Å². The van der Waals surface area contributed by atoms with E-state index in [1.807, 2.05) is 55.3 Å². The molecule has 22 heavy (non-hydrogen) atoms. The number of nitrogens with one attached hydrogen (secondary N) is 1. The summed E-state index contributed by atoms with van der Waals surface area (Å²) in [6.45, 7) is 2.98. The van der Waals surface area contributed by atoms with Gasteiger partial charge in [0.05, 0.1) is 26.0 Å². The molecule has 118 valence electrons. The Morgan fingerprint density at radius 2 is 2.05 bits per heavy atom. The number of furan rings is 1.